The lowest BCUT2D eigenvalue weighted by Gasteiger charge is -2.17. The van der Waals surface area contributed by atoms with Crippen molar-refractivity contribution in [3.63, 3.8) is 0 Å². The maximum absolute atomic E-state index is 8.48. The van der Waals surface area contributed by atoms with Crippen molar-refractivity contribution in [1.82, 2.24) is 10.3 Å². The zero-order valence-corrected chi connectivity index (χ0v) is 13.1. The smallest absolute Gasteiger partial charge is 0.174 e. The zero-order chi connectivity index (χ0) is 15.1. The Hall–Kier alpha value is -1.90. The van der Waals surface area contributed by atoms with Gasteiger partial charge in [0.15, 0.2) is 6.61 Å². The summed E-state index contributed by atoms with van der Waals surface area (Å²) in [5.41, 5.74) is 1.20. The van der Waals surface area contributed by atoms with E-state index in [1.807, 2.05) is 41.9 Å². The molecule has 0 aliphatic rings. The number of nitrogens with zero attached hydrogens (tertiary/aromatic N) is 2. The van der Waals surface area contributed by atoms with Crippen LogP contribution in [0.15, 0.2) is 35.8 Å². The second kappa shape index (κ2) is 7.77. The zero-order valence-electron chi connectivity index (χ0n) is 12.2. The second-order valence-electron chi connectivity index (χ2n) is 4.92. The minimum absolute atomic E-state index is 0.0818. The van der Waals surface area contributed by atoms with Gasteiger partial charge >= 0.3 is 0 Å². The number of ether oxygens (including phenoxy) is 1. The molecule has 0 radical (unpaired) electrons. The summed E-state index contributed by atoms with van der Waals surface area (Å²) in [7, 11) is 0. The van der Waals surface area contributed by atoms with Crippen LogP contribution in [0.2, 0.25) is 0 Å². The topological polar surface area (TPSA) is 57.9 Å². The van der Waals surface area contributed by atoms with Crippen LogP contribution in [0.4, 0.5) is 0 Å². The Bertz CT molecular complexity index is 575. The Labute approximate surface area is 129 Å². The fourth-order valence-corrected chi connectivity index (χ4v) is 2.70. The van der Waals surface area contributed by atoms with Crippen molar-refractivity contribution in [3.8, 4) is 11.8 Å². The van der Waals surface area contributed by atoms with E-state index in [0.717, 1.165) is 17.3 Å². The molecule has 2 aromatic rings. The molecule has 2 unspecified atom stereocenters. The molecular weight excluding hydrogens is 282 g/mol. The Morgan fingerprint density at radius 3 is 2.71 bits per heavy atom. The van der Waals surface area contributed by atoms with Crippen LogP contribution < -0.4 is 10.1 Å². The van der Waals surface area contributed by atoms with Gasteiger partial charge in [0.2, 0.25) is 0 Å². The highest BCUT2D eigenvalue weighted by Crippen LogP contribution is 2.20. The molecule has 4 nitrogen and oxygen atoms in total. The average molecular weight is 301 g/mol. The molecule has 0 fully saturated rings. The number of hydrogen-bond donors (Lipinski definition) is 1. The van der Waals surface area contributed by atoms with Crippen LogP contribution in [0.5, 0.6) is 5.75 Å². The molecule has 0 aliphatic carbocycles. The Morgan fingerprint density at radius 1 is 1.33 bits per heavy atom. The summed E-state index contributed by atoms with van der Waals surface area (Å²) >= 11 is 1.69. The maximum Gasteiger partial charge on any atom is 0.174 e. The largest absolute Gasteiger partial charge is 0.479 e. The van der Waals surface area contributed by atoms with Crippen LogP contribution in [0.3, 0.4) is 0 Å². The lowest BCUT2D eigenvalue weighted by atomic mass is 10.1. The molecular formula is C16H19N3OS. The van der Waals surface area contributed by atoms with E-state index in [-0.39, 0.29) is 12.6 Å². The molecule has 0 aliphatic heterocycles. The monoisotopic (exact) mass is 301 g/mol. The van der Waals surface area contributed by atoms with Gasteiger partial charge in [-0.2, -0.15) is 5.26 Å². The van der Waals surface area contributed by atoms with E-state index >= 15 is 0 Å². The summed E-state index contributed by atoms with van der Waals surface area (Å²) in [6, 6.07) is 10.1. The van der Waals surface area contributed by atoms with Crippen LogP contribution in [0, 0.1) is 11.3 Å². The Kier molecular flexibility index (Phi) is 5.73. The summed E-state index contributed by atoms with van der Waals surface area (Å²) in [4.78, 5) is 4.34. The van der Waals surface area contributed by atoms with Gasteiger partial charge in [-0.3, -0.25) is 0 Å². The van der Waals surface area contributed by atoms with Crippen molar-refractivity contribution >= 4 is 11.3 Å². The summed E-state index contributed by atoms with van der Waals surface area (Å²) in [5, 5.41) is 15.2. The van der Waals surface area contributed by atoms with E-state index in [2.05, 4.69) is 24.1 Å². The van der Waals surface area contributed by atoms with Crippen LogP contribution in [0.1, 0.15) is 36.4 Å². The minimum Gasteiger partial charge on any atom is -0.479 e. The van der Waals surface area contributed by atoms with E-state index < -0.39 is 0 Å². The summed E-state index contributed by atoms with van der Waals surface area (Å²) in [6.07, 6.45) is 1.85. The molecule has 1 aromatic heterocycles. The first kappa shape index (κ1) is 15.5. The van der Waals surface area contributed by atoms with Gasteiger partial charge in [0.1, 0.15) is 11.8 Å². The van der Waals surface area contributed by atoms with Gasteiger partial charge in [-0.1, -0.05) is 19.1 Å². The van der Waals surface area contributed by atoms with E-state index in [0.29, 0.717) is 5.92 Å². The molecule has 21 heavy (non-hydrogen) atoms. The number of benzene rings is 1. The summed E-state index contributed by atoms with van der Waals surface area (Å²) in [6.45, 7) is 5.29. The predicted octanol–water partition coefficient (Wildman–Crippen LogP) is 3.50. The number of hydrogen-bond acceptors (Lipinski definition) is 5. The van der Waals surface area contributed by atoms with E-state index in [1.165, 1.54) is 5.56 Å². The van der Waals surface area contributed by atoms with Crippen molar-refractivity contribution in [3.05, 3.63) is 46.4 Å². The van der Waals surface area contributed by atoms with Crippen LogP contribution in [-0.4, -0.2) is 18.1 Å². The van der Waals surface area contributed by atoms with Crippen molar-refractivity contribution in [2.45, 2.75) is 25.8 Å². The van der Waals surface area contributed by atoms with Gasteiger partial charge < -0.3 is 10.1 Å². The molecule has 5 heteroatoms. The molecule has 0 saturated heterocycles. The standard InChI is InChI=1S/C16H19N3OS/c1-12(16-18-8-10-21-16)11-19-13(2)14-3-5-15(6-4-14)20-9-7-17/h3-6,8,10,12-13,19H,9,11H2,1-2H3. The van der Waals surface area contributed by atoms with Gasteiger partial charge in [0.05, 0.1) is 5.01 Å². The van der Waals surface area contributed by atoms with Gasteiger partial charge in [-0.05, 0) is 24.6 Å². The number of thiazole rings is 1. The van der Waals surface area contributed by atoms with E-state index in [9.17, 15) is 0 Å². The predicted molar refractivity (Wildman–Crippen MR) is 84.5 cm³/mol. The van der Waals surface area contributed by atoms with Crippen LogP contribution in [-0.2, 0) is 0 Å². The Balaban J connectivity index is 1.85. The molecule has 0 amide bonds. The SMILES string of the molecule is CC(CNC(C)c1ccc(OCC#N)cc1)c1nccs1. The number of rotatable bonds is 7. The second-order valence-corrected chi connectivity index (χ2v) is 5.84. The third-order valence-electron chi connectivity index (χ3n) is 3.29. The molecule has 0 spiro atoms. The van der Waals surface area contributed by atoms with Crippen molar-refractivity contribution in [1.29, 1.82) is 5.26 Å². The summed E-state index contributed by atoms with van der Waals surface area (Å²) < 4.78 is 5.25. The van der Waals surface area contributed by atoms with Gasteiger partial charge in [-0.25, -0.2) is 4.98 Å². The fraction of sp³-hybridized carbons (Fsp3) is 0.375. The molecule has 2 rings (SSSR count). The third kappa shape index (κ3) is 4.55. The molecule has 1 heterocycles. The normalized spacial score (nSPS) is 13.4. The third-order valence-corrected chi connectivity index (χ3v) is 4.29. The average Bonchev–Trinajstić information content (AvgIpc) is 3.05. The van der Waals surface area contributed by atoms with Crippen LogP contribution >= 0.6 is 11.3 Å². The highest BCUT2D eigenvalue weighted by Gasteiger charge is 2.11. The van der Waals surface area contributed by atoms with Gasteiger partial charge in [0, 0.05) is 30.1 Å². The van der Waals surface area contributed by atoms with Crippen LogP contribution in [0.25, 0.3) is 0 Å². The molecule has 0 saturated carbocycles. The first-order chi connectivity index (χ1) is 10.2. The van der Waals surface area contributed by atoms with Gasteiger partial charge in [-0.15, -0.1) is 11.3 Å². The number of nitriles is 1. The lowest BCUT2D eigenvalue weighted by molar-refractivity contribution is 0.368. The van der Waals surface area contributed by atoms with Crippen molar-refractivity contribution in [2.24, 2.45) is 0 Å². The highest BCUT2D eigenvalue weighted by molar-refractivity contribution is 7.09. The minimum atomic E-state index is 0.0818. The quantitative estimate of drug-likeness (QED) is 0.850. The molecule has 2 atom stereocenters. The first-order valence-electron chi connectivity index (χ1n) is 6.93. The summed E-state index contributed by atoms with van der Waals surface area (Å²) in [5.74, 6) is 1.13. The van der Waals surface area contributed by atoms with Gasteiger partial charge in [0.25, 0.3) is 0 Å². The first-order valence-corrected chi connectivity index (χ1v) is 7.81. The van der Waals surface area contributed by atoms with E-state index in [4.69, 9.17) is 10.00 Å². The fourth-order valence-electron chi connectivity index (χ4n) is 2.00. The number of aromatic nitrogens is 1. The highest BCUT2D eigenvalue weighted by atomic mass is 32.1. The lowest BCUT2D eigenvalue weighted by Crippen LogP contribution is -2.23. The van der Waals surface area contributed by atoms with Crippen molar-refractivity contribution < 1.29 is 4.74 Å². The molecule has 110 valence electrons. The van der Waals surface area contributed by atoms with E-state index in [1.54, 1.807) is 11.3 Å². The Morgan fingerprint density at radius 2 is 2.10 bits per heavy atom. The molecule has 1 aromatic carbocycles. The molecule has 1 N–H and O–H groups in total. The maximum atomic E-state index is 8.48. The molecule has 0 bridgehead atoms. The number of nitrogens with one attached hydrogen (secondary N) is 1. The van der Waals surface area contributed by atoms with Crippen molar-refractivity contribution in [2.75, 3.05) is 13.2 Å².